The average Bonchev–Trinajstić information content (AvgIpc) is 3.00. The van der Waals surface area contributed by atoms with Crippen LogP contribution in [-0.2, 0) is 14.8 Å². The van der Waals surface area contributed by atoms with Gasteiger partial charge in [0.05, 0.1) is 0 Å². The standard InChI is InChI=1S/C19H31N3O4S/c1-13-5-7-17(8-6-13)21(4)19(23)16-9-11-22(12-10-16)27(24,25)18-14(2)20-26-15(18)3/h13,16-17H,5-12H2,1-4H3. The van der Waals surface area contributed by atoms with Crippen LogP contribution in [0.5, 0.6) is 0 Å². The molecule has 0 atom stereocenters. The molecule has 2 fully saturated rings. The zero-order chi connectivity index (χ0) is 19.8. The first-order chi connectivity index (χ1) is 12.7. The number of piperidine rings is 1. The van der Waals surface area contributed by atoms with Crippen molar-refractivity contribution in [2.75, 3.05) is 20.1 Å². The molecule has 1 saturated carbocycles. The number of amides is 1. The van der Waals surface area contributed by atoms with Gasteiger partial charge in [0.2, 0.25) is 15.9 Å². The molecule has 0 N–H and O–H groups in total. The van der Waals surface area contributed by atoms with E-state index in [2.05, 4.69) is 12.1 Å². The van der Waals surface area contributed by atoms with Crippen molar-refractivity contribution in [3.05, 3.63) is 11.5 Å². The minimum absolute atomic E-state index is 0.0922. The van der Waals surface area contributed by atoms with Gasteiger partial charge in [-0.3, -0.25) is 4.79 Å². The zero-order valence-electron chi connectivity index (χ0n) is 16.8. The molecule has 2 heterocycles. The molecular formula is C19H31N3O4S. The largest absolute Gasteiger partial charge is 0.360 e. The van der Waals surface area contributed by atoms with E-state index in [4.69, 9.17) is 4.52 Å². The quantitative estimate of drug-likeness (QED) is 0.780. The van der Waals surface area contributed by atoms with Gasteiger partial charge in [-0.15, -0.1) is 0 Å². The summed E-state index contributed by atoms with van der Waals surface area (Å²) in [6.45, 7) is 6.24. The van der Waals surface area contributed by atoms with E-state index in [1.165, 1.54) is 17.1 Å². The molecule has 0 aromatic carbocycles. The van der Waals surface area contributed by atoms with E-state index < -0.39 is 10.0 Å². The molecule has 152 valence electrons. The predicted molar refractivity (Wildman–Crippen MR) is 102 cm³/mol. The van der Waals surface area contributed by atoms with Gasteiger partial charge < -0.3 is 9.42 Å². The Kier molecular flexibility index (Phi) is 5.96. The molecule has 27 heavy (non-hydrogen) atoms. The minimum Gasteiger partial charge on any atom is -0.360 e. The molecule has 0 spiro atoms. The van der Waals surface area contributed by atoms with Crippen molar-refractivity contribution in [2.24, 2.45) is 11.8 Å². The Morgan fingerprint density at radius 3 is 2.22 bits per heavy atom. The summed E-state index contributed by atoms with van der Waals surface area (Å²) in [7, 11) is -1.71. The van der Waals surface area contributed by atoms with E-state index in [1.54, 1.807) is 13.8 Å². The third-order valence-electron chi connectivity index (χ3n) is 6.25. The third kappa shape index (κ3) is 4.06. The fraction of sp³-hybridized carbons (Fsp3) is 0.789. The van der Waals surface area contributed by atoms with Gasteiger partial charge in [-0.1, -0.05) is 12.1 Å². The topological polar surface area (TPSA) is 83.7 Å². The summed E-state index contributed by atoms with van der Waals surface area (Å²) in [6, 6.07) is 0.331. The van der Waals surface area contributed by atoms with Crippen LogP contribution in [0.15, 0.2) is 9.42 Å². The molecule has 1 aromatic rings. The Balaban J connectivity index is 1.61. The first-order valence-electron chi connectivity index (χ1n) is 9.91. The number of aryl methyl sites for hydroxylation is 2. The van der Waals surface area contributed by atoms with Crippen molar-refractivity contribution in [2.45, 2.75) is 70.2 Å². The highest BCUT2D eigenvalue weighted by molar-refractivity contribution is 7.89. The Morgan fingerprint density at radius 2 is 1.70 bits per heavy atom. The van der Waals surface area contributed by atoms with E-state index in [0.717, 1.165) is 18.8 Å². The van der Waals surface area contributed by atoms with Crippen LogP contribution < -0.4 is 0 Å². The Labute approximate surface area is 162 Å². The monoisotopic (exact) mass is 397 g/mol. The number of aromatic nitrogens is 1. The van der Waals surface area contributed by atoms with Gasteiger partial charge in [0.1, 0.15) is 10.6 Å². The lowest BCUT2D eigenvalue weighted by Crippen LogP contribution is -2.46. The van der Waals surface area contributed by atoms with Crippen LogP contribution in [0.1, 0.15) is 56.9 Å². The van der Waals surface area contributed by atoms with Gasteiger partial charge >= 0.3 is 0 Å². The Bertz CT molecular complexity index is 753. The first kappa shape index (κ1) is 20.3. The first-order valence-corrected chi connectivity index (χ1v) is 11.4. The maximum atomic E-state index is 12.9. The minimum atomic E-state index is -3.62. The van der Waals surface area contributed by atoms with Crippen LogP contribution >= 0.6 is 0 Å². The van der Waals surface area contributed by atoms with Crippen LogP contribution in [0.3, 0.4) is 0 Å². The zero-order valence-corrected chi connectivity index (χ0v) is 17.6. The van der Waals surface area contributed by atoms with Crippen LogP contribution in [0, 0.1) is 25.7 Å². The fourth-order valence-electron chi connectivity index (χ4n) is 4.41. The third-order valence-corrected chi connectivity index (χ3v) is 8.39. The number of carbonyl (C=O) groups excluding carboxylic acids is 1. The molecule has 1 aliphatic carbocycles. The van der Waals surface area contributed by atoms with E-state index in [1.807, 2.05) is 11.9 Å². The van der Waals surface area contributed by atoms with E-state index in [9.17, 15) is 13.2 Å². The maximum absolute atomic E-state index is 12.9. The van der Waals surface area contributed by atoms with Gasteiger partial charge in [0, 0.05) is 32.1 Å². The van der Waals surface area contributed by atoms with Crippen molar-refractivity contribution in [1.82, 2.24) is 14.4 Å². The molecule has 1 aliphatic heterocycles. The molecule has 0 unspecified atom stereocenters. The second-order valence-electron chi connectivity index (χ2n) is 8.19. The number of carbonyl (C=O) groups is 1. The van der Waals surface area contributed by atoms with Crippen molar-refractivity contribution in [1.29, 1.82) is 0 Å². The van der Waals surface area contributed by atoms with Crippen LogP contribution in [0.25, 0.3) is 0 Å². The molecule has 1 aromatic heterocycles. The maximum Gasteiger partial charge on any atom is 0.248 e. The van der Waals surface area contributed by atoms with Crippen LogP contribution in [-0.4, -0.2) is 54.9 Å². The summed E-state index contributed by atoms with van der Waals surface area (Å²) in [5, 5.41) is 3.76. The summed E-state index contributed by atoms with van der Waals surface area (Å²) in [5.74, 6) is 1.15. The predicted octanol–water partition coefficient (Wildman–Crippen LogP) is 2.73. The van der Waals surface area contributed by atoms with Crippen molar-refractivity contribution in [3.8, 4) is 0 Å². The SMILES string of the molecule is Cc1noc(C)c1S(=O)(=O)N1CCC(C(=O)N(C)C2CCC(C)CC2)CC1. The lowest BCUT2D eigenvalue weighted by Gasteiger charge is -2.37. The summed E-state index contributed by atoms with van der Waals surface area (Å²) in [5.41, 5.74) is 0.386. The highest BCUT2D eigenvalue weighted by Crippen LogP contribution is 2.31. The molecule has 0 bridgehead atoms. The Hall–Kier alpha value is -1.41. The normalized spacial score (nSPS) is 25.5. The van der Waals surface area contributed by atoms with Gasteiger partial charge in [0.15, 0.2) is 5.76 Å². The average molecular weight is 398 g/mol. The van der Waals surface area contributed by atoms with Crippen molar-refractivity contribution in [3.63, 3.8) is 0 Å². The smallest absolute Gasteiger partial charge is 0.248 e. The van der Waals surface area contributed by atoms with Crippen molar-refractivity contribution >= 4 is 15.9 Å². The number of nitrogens with zero attached hydrogens (tertiary/aromatic N) is 3. The van der Waals surface area contributed by atoms with Gasteiger partial charge in [-0.2, -0.15) is 4.31 Å². The van der Waals surface area contributed by atoms with Crippen LogP contribution in [0.4, 0.5) is 0 Å². The number of hydrogen-bond donors (Lipinski definition) is 0. The molecular weight excluding hydrogens is 366 g/mol. The van der Waals surface area contributed by atoms with E-state index >= 15 is 0 Å². The molecule has 3 rings (SSSR count). The lowest BCUT2D eigenvalue weighted by atomic mass is 9.86. The highest BCUT2D eigenvalue weighted by Gasteiger charge is 2.37. The molecule has 0 radical (unpaired) electrons. The number of rotatable bonds is 4. The molecule has 1 saturated heterocycles. The molecule has 8 heteroatoms. The number of hydrogen-bond acceptors (Lipinski definition) is 5. The van der Waals surface area contributed by atoms with Crippen LogP contribution in [0.2, 0.25) is 0 Å². The molecule has 2 aliphatic rings. The lowest BCUT2D eigenvalue weighted by molar-refractivity contribution is -0.138. The van der Waals surface area contributed by atoms with Gasteiger partial charge in [-0.05, 0) is 58.3 Å². The molecule has 1 amide bonds. The van der Waals surface area contributed by atoms with Crippen molar-refractivity contribution < 1.29 is 17.7 Å². The van der Waals surface area contributed by atoms with E-state index in [-0.39, 0.29) is 16.7 Å². The highest BCUT2D eigenvalue weighted by atomic mass is 32.2. The summed E-state index contributed by atoms with van der Waals surface area (Å²) >= 11 is 0. The summed E-state index contributed by atoms with van der Waals surface area (Å²) in [6.07, 6.45) is 5.63. The molecule has 7 nitrogen and oxygen atoms in total. The van der Waals surface area contributed by atoms with Gasteiger partial charge in [0.25, 0.3) is 0 Å². The fourth-order valence-corrected chi connectivity index (χ4v) is 6.17. The summed E-state index contributed by atoms with van der Waals surface area (Å²) < 4.78 is 32.3. The second-order valence-corrected chi connectivity index (χ2v) is 10.1. The van der Waals surface area contributed by atoms with Gasteiger partial charge in [-0.25, -0.2) is 8.42 Å². The summed E-state index contributed by atoms with van der Waals surface area (Å²) in [4.78, 5) is 15.0. The second kappa shape index (κ2) is 7.91. The Morgan fingerprint density at radius 1 is 1.11 bits per heavy atom. The number of sulfonamides is 1. The van der Waals surface area contributed by atoms with E-state index in [0.29, 0.717) is 43.4 Å².